The quantitative estimate of drug-likeness (QED) is 0.553. The molecule has 0 aromatic carbocycles. The van der Waals surface area contributed by atoms with Crippen molar-refractivity contribution in [3.05, 3.63) is 5.82 Å². The Morgan fingerprint density at radius 2 is 2.11 bits per heavy atom. The predicted molar refractivity (Wildman–Crippen MR) is 73.5 cm³/mol. The molecule has 0 atom stereocenters. The molecule has 0 aliphatic rings. The first kappa shape index (κ1) is 15.5. The van der Waals surface area contributed by atoms with E-state index >= 15 is 0 Å². The van der Waals surface area contributed by atoms with E-state index in [2.05, 4.69) is 10.2 Å². The van der Waals surface area contributed by atoms with Gasteiger partial charge in [0.1, 0.15) is 15.7 Å². The molecular formula is C10H20N4O2S2. The zero-order chi connectivity index (χ0) is 13.6. The fraction of sp³-hybridized carbons (Fsp3) is 0.800. The summed E-state index contributed by atoms with van der Waals surface area (Å²) in [6.45, 7) is 4.78. The summed E-state index contributed by atoms with van der Waals surface area (Å²) in [5.41, 5.74) is 5.52. The summed E-state index contributed by atoms with van der Waals surface area (Å²) >= 11 is 1.53. The van der Waals surface area contributed by atoms with Gasteiger partial charge in [0.2, 0.25) is 0 Å². The van der Waals surface area contributed by atoms with Gasteiger partial charge in [-0.15, -0.1) is 10.2 Å². The number of aryl methyl sites for hydroxylation is 1. The van der Waals surface area contributed by atoms with E-state index in [0.29, 0.717) is 19.5 Å². The highest BCUT2D eigenvalue weighted by Gasteiger charge is 2.10. The maximum atomic E-state index is 11.3. The Kier molecular flexibility index (Phi) is 6.10. The lowest BCUT2D eigenvalue weighted by Crippen LogP contribution is -2.12. The summed E-state index contributed by atoms with van der Waals surface area (Å²) in [5.74, 6) is 2.01. The largest absolute Gasteiger partial charge is 0.329 e. The Morgan fingerprint density at radius 1 is 1.39 bits per heavy atom. The molecule has 1 rings (SSSR count). The summed E-state index contributed by atoms with van der Waals surface area (Å²) < 4.78 is 24.6. The summed E-state index contributed by atoms with van der Waals surface area (Å²) in [7, 11) is -2.87. The van der Waals surface area contributed by atoms with Crippen molar-refractivity contribution in [2.75, 3.05) is 23.8 Å². The number of hydrogen-bond donors (Lipinski definition) is 1. The summed E-state index contributed by atoms with van der Waals surface area (Å²) in [6.07, 6.45) is 0.634. The number of aromatic nitrogens is 3. The monoisotopic (exact) mass is 292 g/mol. The topological polar surface area (TPSA) is 90.9 Å². The van der Waals surface area contributed by atoms with Crippen molar-refractivity contribution in [2.45, 2.75) is 32.0 Å². The maximum absolute atomic E-state index is 11.3. The van der Waals surface area contributed by atoms with Crippen molar-refractivity contribution in [2.24, 2.45) is 5.73 Å². The molecule has 0 fully saturated rings. The third-order valence-corrected chi connectivity index (χ3v) is 5.37. The van der Waals surface area contributed by atoms with Gasteiger partial charge in [0.05, 0.1) is 5.75 Å². The highest BCUT2D eigenvalue weighted by Crippen LogP contribution is 2.17. The Hall–Kier alpha value is -0.600. The SMILES string of the molecule is CCS(=O)(=O)CCCSc1nnc(C)n1CCN. The zero-order valence-corrected chi connectivity index (χ0v) is 12.4. The first-order valence-electron chi connectivity index (χ1n) is 5.93. The second kappa shape index (κ2) is 7.10. The van der Waals surface area contributed by atoms with Crippen LogP contribution in [0.15, 0.2) is 5.16 Å². The van der Waals surface area contributed by atoms with E-state index in [4.69, 9.17) is 5.73 Å². The molecule has 0 amide bonds. The van der Waals surface area contributed by atoms with Crippen LogP contribution >= 0.6 is 11.8 Å². The number of rotatable bonds is 8. The minimum atomic E-state index is -2.87. The molecule has 0 aliphatic carbocycles. The van der Waals surface area contributed by atoms with Gasteiger partial charge in [0.25, 0.3) is 0 Å². The molecule has 1 heterocycles. The van der Waals surface area contributed by atoms with Crippen LogP contribution in [-0.2, 0) is 16.4 Å². The maximum Gasteiger partial charge on any atom is 0.191 e. The van der Waals surface area contributed by atoms with Crippen LogP contribution in [0.2, 0.25) is 0 Å². The van der Waals surface area contributed by atoms with E-state index in [9.17, 15) is 8.42 Å². The molecule has 0 unspecified atom stereocenters. The van der Waals surface area contributed by atoms with Gasteiger partial charge in [0.15, 0.2) is 5.16 Å². The van der Waals surface area contributed by atoms with Gasteiger partial charge in [0, 0.05) is 24.6 Å². The van der Waals surface area contributed by atoms with Crippen LogP contribution in [0.1, 0.15) is 19.2 Å². The third kappa shape index (κ3) is 4.58. The molecule has 1 aromatic heterocycles. The minimum absolute atomic E-state index is 0.208. The number of sulfone groups is 1. The normalized spacial score (nSPS) is 11.9. The average molecular weight is 292 g/mol. The van der Waals surface area contributed by atoms with Crippen molar-refractivity contribution >= 4 is 21.6 Å². The Labute approximate surface area is 112 Å². The molecule has 104 valence electrons. The second-order valence-corrected chi connectivity index (χ2v) is 7.44. The lowest BCUT2D eigenvalue weighted by molar-refractivity contribution is 0.596. The molecule has 0 radical (unpaired) electrons. The van der Waals surface area contributed by atoms with Crippen LogP contribution in [0.3, 0.4) is 0 Å². The standard InChI is InChI=1S/C10H20N4O2S2/c1-3-18(15,16)8-4-7-17-10-13-12-9(2)14(10)6-5-11/h3-8,11H2,1-2H3. The van der Waals surface area contributed by atoms with Crippen molar-refractivity contribution in [1.29, 1.82) is 0 Å². The van der Waals surface area contributed by atoms with E-state index in [1.807, 2.05) is 11.5 Å². The van der Waals surface area contributed by atoms with Crippen LogP contribution in [0, 0.1) is 6.92 Å². The van der Waals surface area contributed by atoms with Crippen LogP contribution in [-0.4, -0.2) is 47.0 Å². The van der Waals surface area contributed by atoms with E-state index in [1.54, 1.807) is 6.92 Å². The van der Waals surface area contributed by atoms with Gasteiger partial charge in [-0.3, -0.25) is 0 Å². The van der Waals surface area contributed by atoms with E-state index in [-0.39, 0.29) is 11.5 Å². The minimum Gasteiger partial charge on any atom is -0.329 e. The van der Waals surface area contributed by atoms with Crippen molar-refractivity contribution < 1.29 is 8.42 Å². The van der Waals surface area contributed by atoms with Crippen molar-refractivity contribution in [1.82, 2.24) is 14.8 Å². The first-order valence-corrected chi connectivity index (χ1v) is 8.74. The molecule has 18 heavy (non-hydrogen) atoms. The number of nitrogens with zero attached hydrogens (tertiary/aromatic N) is 3. The lowest BCUT2D eigenvalue weighted by Gasteiger charge is -2.06. The van der Waals surface area contributed by atoms with Gasteiger partial charge in [-0.05, 0) is 13.3 Å². The molecule has 2 N–H and O–H groups in total. The second-order valence-electron chi connectivity index (χ2n) is 3.91. The smallest absolute Gasteiger partial charge is 0.191 e. The molecule has 6 nitrogen and oxygen atoms in total. The summed E-state index contributed by atoms with van der Waals surface area (Å²) in [5, 5.41) is 8.87. The third-order valence-electron chi connectivity index (χ3n) is 2.53. The Bertz CT molecular complexity index is 470. The zero-order valence-electron chi connectivity index (χ0n) is 10.8. The number of nitrogens with two attached hydrogens (primary N) is 1. The molecule has 8 heteroatoms. The van der Waals surface area contributed by atoms with Crippen molar-refractivity contribution in [3.63, 3.8) is 0 Å². The molecule has 0 spiro atoms. The molecule has 0 bridgehead atoms. The first-order chi connectivity index (χ1) is 8.50. The van der Waals surface area contributed by atoms with Gasteiger partial charge in [-0.1, -0.05) is 18.7 Å². The Morgan fingerprint density at radius 3 is 2.72 bits per heavy atom. The van der Waals surface area contributed by atoms with Crippen LogP contribution < -0.4 is 5.73 Å². The van der Waals surface area contributed by atoms with Gasteiger partial charge < -0.3 is 10.3 Å². The van der Waals surface area contributed by atoms with E-state index in [0.717, 1.165) is 16.7 Å². The average Bonchev–Trinajstić information content (AvgIpc) is 2.68. The molecule has 0 aliphatic heterocycles. The van der Waals surface area contributed by atoms with Crippen molar-refractivity contribution in [3.8, 4) is 0 Å². The van der Waals surface area contributed by atoms with E-state index in [1.165, 1.54) is 11.8 Å². The van der Waals surface area contributed by atoms with E-state index < -0.39 is 9.84 Å². The van der Waals surface area contributed by atoms with Gasteiger partial charge in [-0.2, -0.15) is 0 Å². The van der Waals surface area contributed by atoms with Crippen LogP contribution in [0.5, 0.6) is 0 Å². The lowest BCUT2D eigenvalue weighted by atomic mass is 10.6. The molecule has 0 saturated heterocycles. The molecule has 0 saturated carbocycles. The fourth-order valence-electron chi connectivity index (χ4n) is 1.44. The highest BCUT2D eigenvalue weighted by atomic mass is 32.2. The number of hydrogen-bond acceptors (Lipinski definition) is 6. The number of thioether (sulfide) groups is 1. The van der Waals surface area contributed by atoms with Gasteiger partial charge in [-0.25, -0.2) is 8.42 Å². The van der Waals surface area contributed by atoms with Crippen LogP contribution in [0.25, 0.3) is 0 Å². The summed E-state index contributed by atoms with van der Waals surface area (Å²) in [6, 6.07) is 0. The Balaban J connectivity index is 2.44. The fourth-order valence-corrected chi connectivity index (χ4v) is 3.45. The molecular weight excluding hydrogens is 272 g/mol. The predicted octanol–water partition coefficient (Wildman–Crippen LogP) is 0.462. The summed E-state index contributed by atoms with van der Waals surface area (Å²) in [4.78, 5) is 0. The molecule has 1 aromatic rings. The van der Waals surface area contributed by atoms with Gasteiger partial charge >= 0.3 is 0 Å². The van der Waals surface area contributed by atoms with Crippen LogP contribution in [0.4, 0.5) is 0 Å². The highest BCUT2D eigenvalue weighted by molar-refractivity contribution is 7.99.